The van der Waals surface area contributed by atoms with Crippen LogP contribution in [0.15, 0.2) is 36.4 Å². The molecule has 0 spiro atoms. The summed E-state index contributed by atoms with van der Waals surface area (Å²) in [6.07, 6.45) is -0.862. The van der Waals surface area contributed by atoms with E-state index in [-0.39, 0.29) is 0 Å². The van der Waals surface area contributed by atoms with Gasteiger partial charge in [0.2, 0.25) is 0 Å². The Bertz CT molecular complexity index is 704. The highest BCUT2D eigenvalue weighted by Crippen LogP contribution is 2.35. The van der Waals surface area contributed by atoms with Crippen molar-refractivity contribution in [2.45, 2.75) is 38.5 Å². The molecule has 0 radical (unpaired) electrons. The zero-order chi connectivity index (χ0) is 16.0. The Morgan fingerprint density at radius 2 is 1.65 bits per heavy atom. The molecule has 0 bridgehead atoms. The van der Waals surface area contributed by atoms with E-state index in [0.29, 0.717) is 13.1 Å². The predicted molar refractivity (Wildman–Crippen MR) is 79.8 cm³/mol. The summed E-state index contributed by atoms with van der Waals surface area (Å²) in [5.74, 6) is 0.887. The lowest BCUT2D eigenvalue weighted by Gasteiger charge is -2.15. The van der Waals surface area contributed by atoms with Crippen molar-refractivity contribution in [2.75, 3.05) is 0 Å². The summed E-state index contributed by atoms with van der Waals surface area (Å²) in [5, 5.41) is 1.79. The van der Waals surface area contributed by atoms with Crippen molar-refractivity contribution in [1.82, 2.24) is 5.06 Å². The van der Waals surface area contributed by atoms with Crippen LogP contribution < -0.4 is 4.84 Å². The predicted octanol–water partition coefficient (Wildman–Crippen LogP) is 4.50. The van der Waals surface area contributed by atoms with Gasteiger partial charge < -0.3 is 4.84 Å². The number of hydrogen-bond donors (Lipinski definition) is 0. The molecule has 4 rings (SSSR count). The van der Waals surface area contributed by atoms with Crippen LogP contribution in [0.1, 0.15) is 34.2 Å². The van der Waals surface area contributed by atoms with Crippen LogP contribution in [0.25, 0.3) is 0 Å². The van der Waals surface area contributed by atoms with Gasteiger partial charge in [-0.25, -0.2) is 0 Å². The highest BCUT2D eigenvalue weighted by molar-refractivity contribution is 5.46. The molecule has 2 aromatic rings. The molecular formula is C18H16F3NO. The Morgan fingerprint density at radius 3 is 2.35 bits per heavy atom. The van der Waals surface area contributed by atoms with Gasteiger partial charge >= 0.3 is 6.18 Å². The first-order valence-electron chi connectivity index (χ1n) is 7.73. The molecule has 1 aliphatic carbocycles. The number of halogens is 3. The third-order valence-electron chi connectivity index (χ3n) is 4.49. The summed E-state index contributed by atoms with van der Waals surface area (Å²) >= 11 is 0. The number of fused-ring (bicyclic) bond motifs is 2. The average Bonchev–Trinajstić information content (AvgIpc) is 3.09. The molecule has 0 atom stereocenters. The molecule has 0 amide bonds. The lowest BCUT2D eigenvalue weighted by Crippen LogP contribution is -2.20. The van der Waals surface area contributed by atoms with Gasteiger partial charge in [-0.1, -0.05) is 18.2 Å². The van der Waals surface area contributed by atoms with Gasteiger partial charge in [0.1, 0.15) is 0 Å². The smallest absolute Gasteiger partial charge is 0.405 e. The van der Waals surface area contributed by atoms with E-state index in [2.05, 4.69) is 12.1 Å². The maximum absolute atomic E-state index is 12.6. The first kappa shape index (κ1) is 14.6. The van der Waals surface area contributed by atoms with E-state index in [1.165, 1.54) is 29.7 Å². The number of hydroxylamine groups is 2. The molecule has 0 aromatic heterocycles. The van der Waals surface area contributed by atoms with E-state index in [4.69, 9.17) is 4.84 Å². The topological polar surface area (TPSA) is 12.5 Å². The van der Waals surface area contributed by atoms with Crippen molar-refractivity contribution in [1.29, 1.82) is 0 Å². The molecule has 2 aromatic carbocycles. The van der Waals surface area contributed by atoms with E-state index >= 15 is 0 Å². The number of hydrogen-bond acceptors (Lipinski definition) is 2. The lowest BCUT2D eigenvalue weighted by atomic mass is 10.1. The highest BCUT2D eigenvalue weighted by atomic mass is 19.4. The van der Waals surface area contributed by atoms with Gasteiger partial charge in [-0.2, -0.15) is 13.2 Å². The second kappa shape index (κ2) is 5.27. The molecule has 1 heterocycles. The minimum Gasteiger partial charge on any atom is -0.405 e. The lowest BCUT2D eigenvalue weighted by molar-refractivity contribution is -0.137. The zero-order valence-electron chi connectivity index (χ0n) is 12.5. The van der Waals surface area contributed by atoms with Crippen molar-refractivity contribution >= 4 is 0 Å². The Hall–Kier alpha value is -2.01. The van der Waals surface area contributed by atoms with Gasteiger partial charge in [0.15, 0.2) is 5.75 Å². The molecule has 0 fully saturated rings. The van der Waals surface area contributed by atoms with Crippen LogP contribution in [0.5, 0.6) is 5.75 Å². The van der Waals surface area contributed by atoms with Gasteiger partial charge in [0, 0.05) is 5.56 Å². The van der Waals surface area contributed by atoms with Gasteiger partial charge in [-0.05, 0) is 54.2 Å². The summed E-state index contributed by atoms with van der Waals surface area (Å²) in [6, 6.07) is 9.58. The van der Waals surface area contributed by atoms with Crippen LogP contribution in [-0.4, -0.2) is 5.06 Å². The second-order valence-electron chi connectivity index (χ2n) is 6.17. The monoisotopic (exact) mass is 319 g/mol. The Labute approximate surface area is 132 Å². The molecule has 120 valence electrons. The standard InChI is InChI=1S/C18H16F3NO/c19-18(20,21)16-6-4-12(5-7-16)10-22-11-15-8-13-2-1-3-14(13)9-17(15)23-22/h4-9H,1-3,10-11H2. The van der Waals surface area contributed by atoms with E-state index in [0.717, 1.165) is 41.9 Å². The highest BCUT2D eigenvalue weighted by Gasteiger charge is 2.30. The number of aryl methyl sites for hydroxylation is 2. The Balaban J connectivity index is 1.47. The molecule has 0 saturated heterocycles. The number of rotatable bonds is 2. The normalized spacial score (nSPS) is 17.0. The number of nitrogens with zero attached hydrogens (tertiary/aromatic N) is 1. The summed E-state index contributed by atoms with van der Waals surface area (Å²) in [4.78, 5) is 5.84. The van der Waals surface area contributed by atoms with Crippen molar-refractivity contribution in [3.8, 4) is 5.75 Å². The molecular weight excluding hydrogens is 303 g/mol. The molecule has 0 N–H and O–H groups in total. The van der Waals surface area contributed by atoms with E-state index in [1.54, 1.807) is 5.06 Å². The third-order valence-corrected chi connectivity index (χ3v) is 4.49. The Morgan fingerprint density at radius 1 is 0.957 bits per heavy atom. The molecule has 2 nitrogen and oxygen atoms in total. The van der Waals surface area contributed by atoms with Crippen LogP contribution >= 0.6 is 0 Å². The fourth-order valence-electron chi connectivity index (χ4n) is 3.31. The summed E-state index contributed by atoms with van der Waals surface area (Å²) in [5.41, 5.74) is 4.11. The third kappa shape index (κ3) is 2.81. The molecule has 2 aliphatic rings. The van der Waals surface area contributed by atoms with Crippen molar-refractivity contribution < 1.29 is 18.0 Å². The van der Waals surface area contributed by atoms with E-state index in [9.17, 15) is 13.2 Å². The molecule has 0 unspecified atom stereocenters. The molecule has 0 saturated carbocycles. The van der Waals surface area contributed by atoms with E-state index < -0.39 is 11.7 Å². The van der Waals surface area contributed by atoms with Crippen LogP contribution in [0.2, 0.25) is 0 Å². The summed E-state index contributed by atoms with van der Waals surface area (Å²) < 4.78 is 37.7. The summed E-state index contributed by atoms with van der Waals surface area (Å²) in [6.45, 7) is 1.14. The Kier molecular flexibility index (Phi) is 3.34. The van der Waals surface area contributed by atoms with Gasteiger partial charge in [-0.3, -0.25) is 0 Å². The maximum atomic E-state index is 12.6. The first-order valence-corrected chi connectivity index (χ1v) is 7.73. The number of benzene rings is 2. The molecule has 5 heteroatoms. The molecule has 23 heavy (non-hydrogen) atoms. The second-order valence-corrected chi connectivity index (χ2v) is 6.17. The van der Waals surface area contributed by atoms with E-state index in [1.807, 2.05) is 0 Å². The summed E-state index contributed by atoms with van der Waals surface area (Å²) in [7, 11) is 0. The number of alkyl halides is 3. The fourth-order valence-corrected chi connectivity index (χ4v) is 3.31. The quantitative estimate of drug-likeness (QED) is 0.808. The van der Waals surface area contributed by atoms with Crippen LogP contribution in [0.3, 0.4) is 0 Å². The largest absolute Gasteiger partial charge is 0.416 e. The van der Waals surface area contributed by atoms with Gasteiger partial charge in [0.25, 0.3) is 0 Å². The minimum absolute atomic E-state index is 0.470. The SMILES string of the molecule is FC(F)(F)c1ccc(CN2Cc3cc4c(cc3O2)CCC4)cc1. The van der Waals surface area contributed by atoms with Crippen molar-refractivity contribution in [2.24, 2.45) is 0 Å². The van der Waals surface area contributed by atoms with Crippen LogP contribution in [0.4, 0.5) is 13.2 Å². The van der Waals surface area contributed by atoms with Gasteiger partial charge in [0.05, 0.1) is 18.7 Å². The van der Waals surface area contributed by atoms with Crippen LogP contribution in [0, 0.1) is 0 Å². The first-order chi connectivity index (χ1) is 11.0. The minimum atomic E-state index is -4.29. The van der Waals surface area contributed by atoms with Gasteiger partial charge in [-0.15, -0.1) is 5.06 Å². The van der Waals surface area contributed by atoms with Crippen molar-refractivity contribution in [3.63, 3.8) is 0 Å². The van der Waals surface area contributed by atoms with Crippen LogP contribution in [-0.2, 0) is 32.1 Å². The maximum Gasteiger partial charge on any atom is 0.416 e. The van der Waals surface area contributed by atoms with Crippen molar-refractivity contribution in [3.05, 3.63) is 64.2 Å². The fraction of sp³-hybridized carbons (Fsp3) is 0.333. The molecule has 1 aliphatic heterocycles. The zero-order valence-corrected chi connectivity index (χ0v) is 12.5. The average molecular weight is 319 g/mol.